The number of nitrogens with one attached hydrogen (secondary N) is 3. The lowest BCUT2D eigenvalue weighted by Crippen LogP contribution is -2.40. The third kappa shape index (κ3) is 5.03. The van der Waals surface area contributed by atoms with Crippen molar-refractivity contribution in [1.29, 1.82) is 0 Å². The number of methoxy groups -OCH3 is 1. The maximum Gasteiger partial charge on any atom is 0.322 e. The topological polar surface area (TPSA) is 106 Å². The number of carbonyl (C=O) groups is 3. The highest BCUT2D eigenvalue weighted by molar-refractivity contribution is 6.32. The second-order valence-corrected chi connectivity index (χ2v) is 7.73. The third-order valence-corrected chi connectivity index (χ3v) is 5.16. The Morgan fingerprint density at radius 3 is 2.69 bits per heavy atom. The minimum atomic E-state index is -1.21. The van der Waals surface area contributed by atoms with E-state index in [0.717, 1.165) is 6.42 Å². The number of hydrogen-bond donors (Lipinski definition) is 3. The second-order valence-electron chi connectivity index (χ2n) is 7.32. The number of benzene rings is 2. The molecule has 4 amide bonds. The first kappa shape index (κ1) is 23.1. The van der Waals surface area contributed by atoms with Crippen LogP contribution < -0.4 is 25.4 Å². The van der Waals surface area contributed by atoms with E-state index in [-0.39, 0.29) is 5.91 Å². The summed E-state index contributed by atoms with van der Waals surface area (Å²) in [7, 11) is 1.52. The zero-order valence-electron chi connectivity index (χ0n) is 18.0. The molecule has 3 N–H and O–H groups in total. The van der Waals surface area contributed by atoms with E-state index in [1.54, 1.807) is 49.4 Å². The Balaban J connectivity index is 1.73. The average Bonchev–Trinajstić information content (AvgIpc) is 3.03. The summed E-state index contributed by atoms with van der Waals surface area (Å²) >= 11 is 6.31. The van der Waals surface area contributed by atoms with Crippen molar-refractivity contribution in [3.8, 4) is 11.5 Å². The molecule has 9 heteroatoms. The molecule has 1 saturated heterocycles. The molecule has 0 spiro atoms. The van der Waals surface area contributed by atoms with Crippen LogP contribution in [0.25, 0.3) is 6.08 Å². The van der Waals surface area contributed by atoms with Crippen molar-refractivity contribution >= 4 is 41.2 Å². The van der Waals surface area contributed by atoms with E-state index in [1.807, 2.05) is 6.92 Å². The molecular weight excluding hydrogens is 434 g/mol. The number of imide groups is 1. The number of hydrogen-bond acceptors (Lipinski definition) is 5. The van der Waals surface area contributed by atoms with E-state index in [0.29, 0.717) is 39.9 Å². The lowest BCUT2D eigenvalue weighted by Gasteiger charge is -2.21. The fourth-order valence-corrected chi connectivity index (χ4v) is 3.46. The van der Waals surface area contributed by atoms with E-state index in [2.05, 4.69) is 16.0 Å². The highest BCUT2D eigenvalue weighted by Crippen LogP contribution is 2.37. The fourth-order valence-electron chi connectivity index (χ4n) is 3.19. The van der Waals surface area contributed by atoms with Gasteiger partial charge in [0.1, 0.15) is 5.54 Å². The first-order valence-corrected chi connectivity index (χ1v) is 10.4. The summed E-state index contributed by atoms with van der Waals surface area (Å²) in [5.41, 5.74) is 0.480. The Morgan fingerprint density at radius 2 is 2.03 bits per heavy atom. The molecule has 2 aromatic carbocycles. The van der Waals surface area contributed by atoms with E-state index >= 15 is 0 Å². The molecule has 1 atom stereocenters. The van der Waals surface area contributed by atoms with Crippen molar-refractivity contribution in [2.24, 2.45) is 0 Å². The van der Waals surface area contributed by atoms with Gasteiger partial charge >= 0.3 is 6.03 Å². The SMILES string of the molecule is CCCOc1c(Cl)cc(C=CC(=O)Nc2cccc(C3(C)NC(=O)NC3=O)c2)cc1OC. The van der Waals surface area contributed by atoms with Crippen molar-refractivity contribution in [3.05, 3.63) is 58.6 Å². The first-order valence-electron chi connectivity index (χ1n) is 10.0. The van der Waals surface area contributed by atoms with Gasteiger partial charge in [0, 0.05) is 11.8 Å². The van der Waals surface area contributed by atoms with Crippen molar-refractivity contribution in [3.63, 3.8) is 0 Å². The predicted molar refractivity (Wildman–Crippen MR) is 122 cm³/mol. The van der Waals surface area contributed by atoms with Crippen LogP contribution in [-0.2, 0) is 15.1 Å². The molecule has 1 fully saturated rings. The van der Waals surface area contributed by atoms with Gasteiger partial charge in [-0.1, -0.05) is 30.7 Å². The molecule has 0 bridgehead atoms. The summed E-state index contributed by atoms with van der Waals surface area (Å²) in [6.45, 7) is 4.10. The van der Waals surface area contributed by atoms with Gasteiger partial charge in [-0.05, 0) is 54.8 Å². The van der Waals surface area contributed by atoms with E-state index in [9.17, 15) is 14.4 Å². The molecule has 3 rings (SSSR count). The van der Waals surface area contributed by atoms with E-state index in [1.165, 1.54) is 13.2 Å². The smallest absolute Gasteiger partial charge is 0.322 e. The maximum atomic E-state index is 12.4. The molecule has 0 radical (unpaired) electrons. The quantitative estimate of drug-likeness (QED) is 0.412. The van der Waals surface area contributed by atoms with Gasteiger partial charge in [0.2, 0.25) is 5.91 Å². The Kier molecular flexibility index (Phi) is 7.05. The van der Waals surface area contributed by atoms with Crippen molar-refractivity contribution in [1.82, 2.24) is 10.6 Å². The largest absolute Gasteiger partial charge is 0.493 e. The summed E-state index contributed by atoms with van der Waals surface area (Å²) in [4.78, 5) is 36.1. The average molecular weight is 458 g/mol. The Bertz CT molecular complexity index is 1090. The molecule has 168 valence electrons. The van der Waals surface area contributed by atoms with Gasteiger partial charge in [-0.25, -0.2) is 4.79 Å². The van der Waals surface area contributed by atoms with Gasteiger partial charge in [-0.2, -0.15) is 0 Å². The van der Waals surface area contributed by atoms with Crippen molar-refractivity contribution in [2.45, 2.75) is 25.8 Å². The zero-order valence-corrected chi connectivity index (χ0v) is 18.7. The first-order chi connectivity index (χ1) is 15.3. The molecule has 0 aliphatic carbocycles. The zero-order chi connectivity index (χ0) is 23.3. The number of ether oxygens (including phenoxy) is 2. The van der Waals surface area contributed by atoms with Gasteiger partial charge in [-0.3, -0.25) is 14.9 Å². The number of anilines is 1. The lowest BCUT2D eigenvalue weighted by atomic mass is 9.92. The molecule has 0 aromatic heterocycles. The van der Waals surface area contributed by atoms with Gasteiger partial charge in [0.25, 0.3) is 5.91 Å². The minimum Gasteiger partial charge on any atom is -0.493 e. The minimum absolute atomic E-state index is 0.381. The summed E-state index contributed by atoms with van der Waals surface area (Å²) in [5, 5.41) is 7.94. The van der Waals surface area contributed by atoms with Crippen LogP contribution in [0.15, 0.2) is 42.5 Å². The number of urea groups is 1. The van der Waals surface area contributed by atoms with Gasteiger partial charge < -0.3 is 20.1 Å². The maximum absolute atomic E-state index is 12.4. The molecule has 2 aromatic rings. The highest BCUT2D eigenvalue weighted by atomic mass is 35.5. The van der Waals surface area contributed by atoms with Crippen LogP contribution in [0.5, 0.6) is 11.5 Å². The van der Waals surface area contributed by atoms with Crippen molar-refractivity contribution < 1.29 is 23.9 Å². The normalized spacial score (nSPS) is 17.8. The summed E-state index contributed by atoms with van der Waals surface area (Å²) < 4.78 is 11.0. The number of rotatable bonds is 8. The second kappa shape index (κ2) is 9.74. The molecule has 0 saturated carbocycles. The van der Waals surface area contributed by atoms with Crippen LogP contribution in [0.4, 0.5) is 10.5 Å². The van der Waals surface area contributed by atoms with Crippen LogP contribution in [0, 0.1) is 0 Å². The van der Waals surface area contributed by atoms with Gasteiger partial charge in [0.05, 0.1) is 18.7 Å². The molecule has 8 nitrogen and oxygen atoms in total. The monoisotopic (exact) mass is 457 g/mol. The summed E-state index contributed by atoms with van der Waals surface area (Å²) in [5.74, 6) is 0.103. The number of amides is 4. The molecular formula is C23H24ClN3O5. The molecule has 1 aliphatic heterocycles. The summed E-state index contributed by atoms with van der Waals surface area (Å²) in [6, 6.07) is 9.56. The van der Waals surface area contributed by atoms with Gasteiger partial charge in [-0.15, -0.1) is 0 Å². The Labute approximate surface area is 190 Å². The summed E-state index contributed by atoms with van der Waals surface area (Å²) in [6.07, 6.45) is 3.79. The van der Waals surface area contributed by atoms with Gasteiger partial charge in [0.15, 0.2) is 11.5 Å². The van der Waals surface area contributed by atoms with E-state index < -0.39 is 17.5 Å². The van der Waals surface area contributed by atoms with E-state index in [4.69, 9.17) is 21.1 Å². The number of carbonyl (C=O) groups excluding carboxylic acids is 3. The molecule has 32 heavy (non-hydrogen) atoms. The predicted octanol–water partition coefficient (Wildman–Crippen LogP) is 3.84. The molecule has 1 unspecified atom stereocenters. The lowest BCUT2D eigenvalue weighted by molar-refractivity contribution is -0.123. The van der Waals surface area contributed by atoms with Crippen LogP contribution in [0.1, 0.15) is 31.4 Å². The molecule has 1 aliphatic rings. The number of halogens is 1. The van der Waals surface area contributed by atoms with Crippen molar-refractivity contribution in [2.75, 3.05) is 19.0 Å². The molecule has 1 heterocycles. The Hall–Kier alpha value is -3.52. The van der Waals surface area contributed by atoms with Crippen LogP contribution >= 0.6 is 11.6 Å². The standard InChI is InChI=1S/C23H24ClN3O5/c1-4-10-32-20-17(24)11-14(12-18(20)31-3)8-9-19(28)25-16-7-5-6-15(13-16)23(2)21(29)26-22(30)27-23/h5-9,11-13H,4,10H2,1-3H3,(H,25,28)(H2,26,27,29,30). The van der Waals surface area contributed by atoms with Crippen LogP contribution in [0.2, 0.25) is 5.02 Å². The fraction of sp³-hybridized carbons (Fsp3) is 0.261. The van der Waals surface area contributed by atoms with Crippen LogP contribution in [-0.4, -0.2) is 31.6 Å². The Morgan fingerprint density at radius 1 is 1.25 bits per heavy atom. The highest BCUT2D eigenvalue weighted by Gasteiger charge is 2.43. The third-order valence-electron chi connectivity index (χ3n) is 4.88. The van der Waals surface area contributed by atoms with Crippen LogP contribution in [0.3, 0.4) is 0 Å².